The number of hydrogen-bond donors (Lipinski definition) is 1. The molecular weight excluding hydrogens is 476 g/mol. The van der Waals surface area contributed by atoms with Crippen LogP contribution in [0.25, 0.3) is 4.85 Å². The summed E-state index contributed by atoms with van der Waals surface area (Å²) in [6.07, 6.45) is 5.67. The van der Waals surface area contributed by atoms with Gasteiger partial charge < -0.3 is 19.7 Å². The van der Waals surface area contributed by atoms with Crippen LogP contribution in [-0.2, 0) is 19.1 Å². The largest absolute Gasteiger partial charge is 0.379 e. The maximum atomic E-state index is 13.2. The molecule has 0 saturated carbocycles. The number of unbranched alkanes of at least 4 members (excludes halogenated alkanes) is 3. The maximum Gasteiger partial charge on any atom is 0.258 e. The Balaban J connectivity index is 1.69. The smallest absolute Gasteiger partial charge is 0.258 e. The van der Waals surface area contributed by atoms with E-state index in [1.807, 2.05) is 31.7 Å². The molecule has 0 unspecified atom stereocenters. The number of nitrogens with one attached hydrogen (secondary N) is 1. The minimum Gasteiger partial charge on any atom is -0.379 e. The van der Waals surface area contributed by atoms with Crippen molar-refractivity contribution >= 4 is 40.5 Å². The molecule has 0 radical (unpaired) electrons. The van der Waals surface area contributed by atoms with Gasteiger partial charge in [0.2, 0.25) is 5.91 Å². The molecule has 8 nitrogen and oxygen atoms in total. The SMILES string of the molecule is [C-]#[N+]c1ccc(N2C(=O)C(C)(C)N(CCCC(=O)NCCOCCOCCCCCC)C2=S)cc1C. The third-order valence-corrected chi connectivity index (χ3v) is 6.65. The van der Waals surface area contributed by atoms with Crippen molar-refractivity contribution in [1.29, 1.82) is 0 Å². The fourth-order valence-corrected chi connectivity index (χ4v) is 4.55. The van der Waals surface area contributed by atoms with Gasteiger partial charge in [0.05, 0.1) is 26.4 Å². The van der Waals surface area contributed by atoms with E-state index in [9.17, 15) is 9.59 Å². The second kappa shape index (κ2) is 14.9. The van der Waals surface area contributed by atoms with Gasteiger partial charge >= 0.3 is 0 Å². The zero-order valence-electron chi connectivity index (χ0n) is 22.1. The van der Waals surface area contributed by atoms with Crippen molar-refractivity contribution in [3.05, 3.63) is 35.2 Å². The molecule has 0 bridgehead atoms. The third-order valence-electron chi connectivity index (χ3n) is 6.25. The van der Waals surface area contributed by atoms with E-state index in [1.165, 1.54) is 24.2 Å². The summed E-state index contributed by atoms with van der Waals surface area (Å²) in [5.74, 6) is -0.170. The number of hydrogen-bond acceptors (Lipinski definition) is 5. The number of amides is 2. The van der Waals surface area contributed by atoms with Crippen molar-refractivity contribution in [2.75, 3.05) is 44.4 Å². The van der Waals surface area contributed by atoms with E-state index in [2.05, 4.69) is 17.1 Å². The first-order valence-corrected chi connectivity index (χ1v) is 13.2. The van der Waals surface area contributed by atoms with Crippen molar-refractivity contribution < 1.29 is 19.1 Å². The van der Waals surface area contributed by atoms with Gasteiger partial charge in [-0.25, -0.2) is 4.85 Å². The molecule has 2 rings (SSSR count). The summed E-state index contributed by atoms with van der Waals surface area (Å²) < 4.78 is 11.0. The Bertz CT molecular complexity index is 944. The number of nitrogens with zero attached hydrogens (tertiary/aromatic N) is 3. The topological polar surface area (TPSA) is 75.5 Å². The quantitative estimate of drug-likeness (QED) is 0.194. The van der Waals surface area contributed by atoms with Gasteiger partial charge in [0.15, 0.2) is 10.8 Å². The predicted molar refractivity (Wildman–Crippen MR) is 146 cm³/mol. The summed E-state index contributed by atoms with van der Waals surface area (Å²) in [4.78, 5) is 32.3. The fourth-order valence-electron chi connectivity index (χ4n) is 4.04. The number of benzene rings is 1. The van der Waals surface area contributed by atoms with Gasteiger partial charge in [0, 0.05) is 31.8 Å². The van der Waals surface area contributed by atoms with Crippen LogP contribution in [0, 0.1) is 13.5 Å². The minimum atomic E-state index is -0.814. The van der Waals surface area contributed by atoms with Crippen LogP contribution in [0.1, 0.15) is 64.9 Å². The molecule has 2 amide bonds. The van der Waals surface area contributed by atoms with Crippen LogP contribution in [0.3, 0.4) is 0 Å². The molecule has 0 aliphatic carbocycles. The highest BCUT2D eigenvalue weighted by Crippen LogP contribution is 2.34. The van der Waals surface area contributed by atoms with Crippen molar-refractivity contribution in [2.24, 2.45) is 0 Å². The molecule has 36 heavy (non-hydrogen) atoms. The summed E-state index contributed by atoms with van der Waals surface area (Å²) in [5, 5.41) is 3.29. The minimum absolute atomic E-state index is 0.0535. The molecule has 198 valence electrons. The average molecular weight is 517 g/mol. The van der Waals surface area contributed by atoms with Crippen LogP contribution in [0.4, 0.5) is 11.4 Å². The first kappa shape index (κ1) is 29.7. The highest BCUT2D eigenvalue weighted by atomic mass is 32.1. The van der Waals surface area contributed by atoms with Crippen molar-refractivity contribution in [2.45, 2.75) is 71.8 Å². The molecule has 1 fully saturated rings. The zero-order chi connectivity index (χ0) is 26.6. The van der Waals surface area contributed by atoms with Crippen LogP contribution in [0.2, 0.25) is 0 Å². The Kier molecular flexibility index (Phi) is 12.3. The Hall–Kier alpha value is -2.54. The lowest BCUT2D eigenvalue weighted by Gasteiger charge is -2.29. The summed E-state index contributed by atoms with van der Waals surface area (Å²) in [5.41, 5.74) is 1.19. The third kappa shape index (κ3) is 8.26. The second-order valence-electron chi connectivity index (χ2n) is 9.46. The Morgan fingerprint density at radius 3 is 2.50 bits per heavy atom. The molecule has 9 heteroatoms. The first-order chi connectivity index (χ1) is 17.2. The monoisotopic (exact) mass is 516 g/mol. The van der Waals surface area contributed by atoms with Crippen molar-refractivity contribution in [3.8, 4) is 0 Å². The van der Waals surface area contributed by atoms with Crippen LogP contribution in [0.15, 0.2) is 18.2 Å². The molecule has 0 aromatic heterocycles. The van der Waals surface area contributed by atoms with E-state index < -0.39 is 5.54 Å². The highest BCUT2D eigenvalue weighted by Gasteiger charge is 2.49. The molecule has 1 aromatic carbocycles. The molecule has 1 aliphatic heterocycles. The normalized spacial score (nSPS) is 14.9. The summed E-state index contributed by atoms with van der Waals surface area (Å²) in [7, 11) is 0. The second-order valence-corrected chi connectivity index (χ2v) is 9.82. The fraction of sp³-hybridized carbons (Fsp3) is 0.630. The van der Waals surface area contributed by atoms with Gasteiger partial charge in [-0.05, 0) is 63.5 Å². The van der Waals surface area contributed by atoms with Crippen LogP contribution >= 0.6 is 12.2 Å². The summed E-state index contributed by atoms with van der Waals surface area (Å²) in [6, 6.07) is 5.27. The number of thiocarbonyl (C=S) groups is 1. The molecule has 1 N–H and O–H groups in total. The number of anilines is 1. The van der Waals surface area contributed by atoms with E-state index in [0.717, 1.165) is 18.6 Å². The van der Waals surface area contributed by atoms with Gasteiger partial charge in [0.1, 0.15) is 5.54 Å². The van der Waals surface area contributed by atoms with Crippen molar-refractivity contribution in [1.82, 2.24) is 10.2 Å². The molecule has 1 aliphatic rings. The number of rotatable bonds is 16. The Labute approximate surface area is 221 Å². The molecule has 1 aromatic rings. The van der Waals surface area contributed by atoms with E-state index in [0.29, 0.717) is 62.2 Å². The van der Waals surface area contributed by atoms with Crippen molar-refractivity contribution in [3.63, 3.8) is 0 Å². The Morgan fingerprint density at radius 2 is 1.83 bits per heavy atom. The lowest BCUT2D eigenvalue weighted by molar-refractivity contribution is -0.123. The first-order valence-electron chi connectivity index (χ1n) is 12.8. The van der Waals surface area contributed by atoms with Crippen LogP contribution < -0.4 is 10.2 Å². The van der Waals surface area contributed by atoms with Gasteiger partial charge in [-0.3, -0.25) is 14.5 Å². The summed E-state index contributed by atoms with van der Waals surface area (Å²) in [6.45, 7) is 18.2. The molecule has 1 saturated heterocycles. The van der Waals surface area contributed by atoms with E-state index in [4.69, 9.17) is 28.3 Å². The van der Waals surface area contributed by atoms with Gasteiger partial charge in [-0.2, -0.15) is 0 Å². The number of carbonyl (C=O) groups excluding carboxylic acids is 2. The van der Waals surface area contributed by atoms with E-state index in [-0.39, 0.29) is 11.8 Å². The molecular formula is C27H40N4O4S. The van der Waals surface area contributed by atoms with E-state index in [1.54, 1.807) is 12.1 Å². The van der Waals surface area contributed by atoms with Crippen LogP contribution in [0.5, 0.6) is 0 Å². The standard InChI is InChI=1S/C27H40N4O4S/c1-6-7-8-9-16-34-18-19-35-17-14-29-24(32)11-10-15-30-26(36)31(25(33)27(30,3)4)22-12-13-23(28-5)21(2)20-22/h12-13,20H,6-11,14-19H2,1-4H3,(H,29,32). The average Bonchev–Trinajstić information content (AvgIpc) is 3.01. The molecule has 0 spiro atoms. The Morgan fingerprint density at radius 1 is 1.11 bits per heavy atom. The van der Waals surface area contributed by atoms with Crippen LogP contribution in [-0.4, -0.2) is 66.9 Å². The number of ether oxygens (including phenoxy) is 2. The predicted octanol–water partition coefficient (Wildman–Crippen LogP) is 4.77. The number of aryl methyl sites for hydroxylation is 1. The molecule has 1 heterocycles. The molecule has 0 atom stereocenters. The van der Waals surface area contributed by atoms with Gasteiger partial charge in [-0.15, -0.1) is 0 Å². The van der Waals surface area contributed by atoms with Gasteiger partial charge in [0.25, 0.3) is 5.91 Å². The lowest BCUT2D eigenvalue weighted by Crippen LogP contribution is -2.44. The summed E-state index contributed by atoms with van der Waals surface area (Å²) >= 11 is 5.65. The lowest BCUT2D eigenvalue weighted by atomic mass is 10.0. The zero-order valence-corrected chi connectivity index (χ0v) is 22.9. The number of carbonyl (C=O) groups is 2. The van der Waals surface area contributed by atoms with Gasteiger partial charge in [-0.1, -0.05) is 32.3 Å². The highest BCUT2D eigenvalue weighted by molar-refractivity contribution is 7.80. The maximum absolute atomic E-state index is 13.2. The van der Waals surface area contributed by atoms with E-state index >= 15 is 0 Å².